The summed E-state index contributed by atoms with van der Waals surface area (Å²) in [6.07, 6.45) is 0. The van der Waals surface area contributed by atoms with E-state index in [-0.39, 0.29) is 29.4 Å². The molecule has 17 heteroatoms. The highest BCUT2D eigenvalue weighted by atomic mass is 35.5. The second-order valence-corrected chi connectivity index (χ2v) is 8.30. The van der Waals surface area contributed by atoms with Gasteiger partial charge in [-0.2, -0.15) is 52.1 Å². The van der Waals surface area contributed by atoms with Gasteiger partial charge in [0.1, 0.15) is 4.90 Å². The number of rotatable bonds is 9. The van der Waals surface area contributed by atoms with Crippen LogP contribution in [-0.2, 0) is 28.8 Å². The topological polar surface area (TPSA) is 228 Å². The highest BCUT2D eigenvalue weighted by Gasteiger charge is 2.24. The number of benzene rings is 1. The van der Waals surface area contributed by atoms with Crippen LogP contribution in [0.5, 0.6) is 0 Å². The van der Waals surface area contributed by atoms with E-state index in [0.29, 0.717) is 6.54 Å². The van der Waals surface area contributed by atoms with Gasteiger partial charge >= 0.3 is 20.2 Å². The average molecular weight is 455 g/mol. The zero-order valence-electron chi connectivity index (χ0n) is 13.9. The Morgan fingerprint density at radius 2 is 1.64 bits per heavy atom. The first-order valence-corrected chi connectivity index (χ1v) is 10.4. The molecule has 0 saturated carbocycles. The Hall–Kier alpha value is -2.18. The molecule has 0 saturated heterocycles. The van der Waals surface area contributed by atoms with Crippen molar-refractivity contribution in [2.45, 2.75) is 9.79 Å². The lowest BCUT2D eigenvalue weighted by atomic mass is 10.3. The number of hydrogen-bond acceptors (Lipinski definition) is 14. The highest BCUT2D eigenvalue weighted by Crippen LogP contribution is 2.28. The summed E-state index contributed by atoms with van der Waals surface area (Å²) >= 11 is 5.81. The van der Waals surface area contributed by atoms with Gasteiger partial charge in [-0.3, -0.25) is 0 Å². The van der Waals surface area contributed by atoms with Crippen LogP contribution in [0.15, 0.2) is 28.0 Å². The third kappa shape index (κ3) is 5.20. The van der Waals surface area contributed by atoms with Gasteiger partial charge in [0.2, 0.25) is 17.2 Å². The molecule has 0 radical (unpaired) electrons. The van der Waals surface area contributed by atoms with Crippen molar-refractivity contribution in [2.75, 3.05) is 23.7 Å². The molecular formula is C11H15ClN8O6S2. The number of nitrogens with one attached hydrogen (secondary N) is 2. The molecule has 1 heterocycles. The maximum atomic E-state index is 12.0. The van der Waals surface area contributed by atoms with E-state index in [1.54, 1.807) is 0 Å². The van der Waals surface area contributed by atoms with Gasteiger partial charge in [0.05, 0.1) is 10.6 Å². The van der Waals surface area contributed by atoms with Crippen LogP contribution in [0.1, 0.15) is 0 Å². The first-order chi connectivity index (χ1) is 13.1. The lowest BCUT2D eigenvalue weighted by Gasteiger charge is -2.12. The molecule has 0 spiro atoms. The number of nitrogens with two attached hydrogens (primary N) is 3. The van der Waals surface area contributed by atoms with E-state index in [4.69, 9.17) is 29.1 Å². The van der Waals surface area contributed by atoms with Crippen LogP contribution in [0.3, 0.4) is 0 Å². The normalized spacial score (nSPS) is 12.0. The Balaban J connectivity index is 2.56. The van der Waals surface area contributed by atoms with Crippen molar-refractivity contribution in [2.24, 2.45) is 17.5 Å². The maximum Gasteiger partial charge on any atom is 0.314 e. The van der Waals surface area contributed by atoms with Crippen LogP contribution < -0.4 is 28.2 Å². The summed E-state index contributed by atoms with van der Waals surface area (Å²) in [5, 5.41) is 5.04. The van der Waals surface area contributed by atoms with Gasteiger partial charge in [0, 0.05) is 13.1 Å². The zero-order chi connectivity index (χ0) is 20.9. The van der Waals surface area contributed by atoms with Crippen LogP contribution >= 0.6 is 11.6 Å². The minimum Gasteiger partial charge on any atom is -0.353 e. The largest absolute Gasteiger partial charge is 0.353 e. The quantitative estimate of drug-likeness (QED) is 0.280. The summed E-state index contributed by atoms with van der Waals surface area (Å²) in [4.78, 5) is 10.6. The average Bonchev–Trinajstić information content (AvgIpc) is 2.65. The molecule has 0 fully saturated rings. The van der Waals surface area contributed by atoms with Crippen molar-refractivity contribution in [3.8, 4) is 0 Å². The van der Waals surface area contributed by atoms with Crippen LogP contribution in [0.25, 0.3) is 0 Å². The molecule has 0 atom stereocenters. The van der Waals surface area contributed by atoms with Gasteiger partial charge in [-0.05, 0) is 29.8 Å². The summed E-state index contributed by atoms with van der Waals surface area (Å²) in [5.74, 6) is 9.36. The summed E-state index contributed by atoms with van der Waals surface area (Å²) in [6, 6.07) is 2.74. The van der Waals surface area contributed by atoms with Crippen molar-refractivity contribution < 1.29 is 25.4 Å². The van der Waals surface area contributed by atoms with Gasteiger partial charge in [-0.15, -0.1) is 0 Å². The van der Waals surface area contributed by atoms with E-state index in [9.17, 15) is 16.8 Å². The number of aromatic nitrogens is 3. The van der Waals surface area contributed by atoms with E-state index in [1.807, 2.05) is 0 Å². The van der Waals surface area contributed by atoms with Crippen molar-refractivity contribution in [1.29, 1.82) is 0 Å². The van der Waals surface area contributed by atoms with E-state index >= 15 is 0 Å². The predicted molar refractivity (Wildman–Crippen MR) is 97.0 cm³/mol. The van der Waals surface area contributed by atoms with Gasteiger partial charge in [-0.1, -0.05) is 0 Å². The third-order valence-electron chi connectivity index (χ3n) is 3.04. The maximum absolute atomic E-state index is 12.0. The minimum absolute atomic E-state index is 0.0431. The van der Waals surface area contributed by atoms with Gasteiger partial charge < -0.3 is 16.4 Å². The molecule has 1 aromatic carbocycles. The number of nitrogens with zero attached hydrogens (tertiary/aromatic N) is 3. The van der Waals surface area contributed by atoms with E-state index in [2.05, 4.69) is 34.2 Å². The summed E-state index contributed by atoms with van der Waals surface area (Å²) in [5.41, 5.74) is 5.07. The van der Waals surface area contributed by atoms with Crippen LogP contribution in [0.4, 0.5) is 17.6 Å². The molecular weight excluding hydrogens is 440 g/mol. The van der Waals surface area contributed by atoms with E-state index in [0.717, 1.165) is 18.2 Å². The smallest absolute Gasteiger partial charge is 0.314 e. The lowest BCUT2D eigenvalue weighted by Crippen LogP contribution is -2.17. The van der Waals surface area contributed by atoms with Gasteiger partial charge in [0.15, 0.2) is 0 Å². The SMILES string of the molecule is NCCNc1nc(Cl)nc(Nc2cc(S(=O)(=O)ON)ccc2S(=O)(=O)ON)n1. The number of hydrogen-bond donors (Lipinski definition) is 5. The number of halogens is 1. The second kappa shape index (κ2) is 8.88. The molecule has 8 N–H and O–H groups in total. The van der Waals surface area contributed by atoms with Crippen molar-refractivity contribution in [1.82, 2.24) is 15.0 Å². The van der Waals surface area contributed by atoms with Crippen LogP contribution in [-0.4, -0.2) is 44.9 Å². The summed E-state index contributed by atoms with van der Waals surface area (Å²) in [6.45, 7) is 0.600. The molecule has 0 amide bonds. The minimum atomic E-state index is -4.44. The molecule has 154 valence electrons. The molecule has 1 aromatic heterocycles. The summed E-state index contributed by atoms with van der Waals surface area (Å²) in [7, 11) is -8.79. The number of anilines is 3. The van der Waals surface area contributed by atoms with E-state index < -0.39 is 30.0 Å². The Bertz CT molecular complexity index is 1060. The highest BCUT2D eigenvalue weighted by molar-refractivity contribution is 7.87. The Morgan fingerprint density at radius 1 is 1.00 bits per heavy atom. The standard InChI is InChI=1S/C11H15ClN8O6S2/c12-9-18-10(16-4-3-13)20-11(19-9)17-7-5-6(27(21,22)25-14)1-2-8(7)28(23,24)26-15/h1-2,5H,3-4,13-15H2,(H2,16,17,18,19,20). The van der Waals surface area contributed by atoms with Gasteiger partial charge in [0.25, 0.3) is 0 Å². The molecule has 2 rings (SSSR count). The monoisotopic (exact) mass is 454 g/mol. The fourth-order valence-electron chi connectivity index (χ4n) is 1.88. The molecule has 2 aromatic rings. The molecule has 0 bridgehead atoms. The lowest BCUT2D eigenvalue weighted by molar-refractivity contribution is 0.331. The van der Waals surface area contributed by atoms with E-state index in [1.165, 1.54) is 0 Å². The second-order valence-electron chi connectivity index (χ2n) is 4.85. The third-order valence-corrected chi connectivity index (χ3v) is 5.45. The van der Waals surface area contributed by atoms with Crippen molar-refractivity contribution >= 4 is 49.4 Å². The molecule has 28 heavy (non-hydrogen) atoms. The Kier molecular flexibility index (Phi) is 7.01. The first-order valence-electron chi connectivity index (χ1n) is 7.16. The van der Waals surface area contributed by atoms with Crippen molar-refractivity contribution in [3.63, 3.8) is 0 Å². The Morgan fingerprint density at radius 3 is 2.25 bits per heavy atom. The van der Waals surface area contributed by atoms with Crippen molar-refractivity contribution in [3.05, 3.63) is 23.5 Å². The zero-order valence-corrected chi connectivity index (χ0v) is 16.3. The molecule has 0 unspecified atom stereocenters. The molecule has 14 nitrogen and oxygen atoms in total. The predicted octanol–water partition coefficient (Wildman–Crippen LogP) is -1.20. The fourth-order valence-corrected chi connectivity index (χ4v) is 3.36. The fraction of sp³-hybridized carbons (Fsp3) is 0.182. The Labute approximate surface area is 164 Å². The molecule has 0 aliphatic rings. The van der Waals surface area contributed by atoms with Crippen LogP contribution in [0, 0.1) is 0 Å². The molecule has 0 aliphatic carbocycles. The first kappa shape index (κ1) is 22.1. The summed E-state index contributed by atoms with van der Waals surface area (Å²) < 4.78 is 55.5. The molecule has 0 aliphatic heterocycles. The van der Waals surface area contributed by atoms with Gasteiger partial charge in [-0.25, -0.2) is 0 Å². The van der Waals surface area contributed by atoms with Crippen LogP contribution in [0.2, 0.25) is 5.28 Å².